The normalized spacial score (nSPS) is 20.2. The summed E-state index contributed by atoms with van der Waals surface area (Å²) in [6.45, 7) is 9.00. The first-order valence-electron chi connectivity index (χ1n) is 14.4. The molecule has 1 amide bonds. The Bertz CT molecular complexity index is 1310. The molecule has 13 heteroatoms. The molecule has 3 aliphatic heterocycles. The number of likely N-dealkylation sites (tertiary alicyclic amines) is 2. The Balaban J connectivity index is 1.41. The van der Waals surface area contributed by atoms with Gasteiger partial charge in [0.1, 0.15) is 22.8 Å². The number of hydrogen-bond acceptors (Lipinski definition) is 7. The second-order valence-electron chi connectivity index (χ2n) is 13.0. The Labute approximate surface area is 266 Å². The number of aromatic nitrogens is 2. The smallest absolute Gasteiger partial charge is 0.422 e. The van der Waals surface area contributed by atoms with Gasteiger partial charge in [-0.05, 0) is 117 Å². The number of amides is 1. The van der Waals surface area contributed by atoms with Gasteiger partial charge < -0.3 is 24.2 Å². The quantitative estimate of drug-likeness (QED) is 0.316. The van der Waals surface area contributed by atoms with E-state index in [9.17, 15) is 18.0 Å². The summed E-state index contributed by atoms with van der Waals surface area (Å²) in [5.41, 5.74) is -0.0805. The van der Waals surface area contributed by atoms with Gasteiger partial charge in [-0.3, -0.25) is 0 Å². The lowest BCUT2D eigenvalue weighted by molar-refractivity contribution is -0.153. The molecule has 42 heavy (non-hydrogen) atoms. The van der Waals surface area contributed by atoms with Crippen molar-refractivity contribution in [2.75, 3.05) is 57.8 Å². The lowest BCUT2D eigenvalue weighted by Gasteiger charge is -2.53. The summed E-state index contributed by atoms with van der Waals surface area (Å²) in [4.78, 5) is 28.7. The fourth-order valence-electron chi connectivity index (χ4n) is 6.08. The molecule has 2 aromatic rings. The average molecular weight is 768 g/mol. The Morgan fingerprint density at radius 1 is 1.12 bits per heavy atom. The van der Waals surface area contributed by atoms with Crippen molar-refractivity contribution >= 4 is 61.3 Å². The third-order valence-corrected chi connectivity index (χ3v) is 10.8. The summed E-state index contributed by atoms with van der Waals surface area (Å²) in [6.07, 6.45) is -0.260. The van der Waals surface area contributed by atoms with Crippen LogP contribution in [-0.4, -0.2) is 90.6 Å². The number of hydrogen-bond donors (Lipinski definition) is 0. The molecule has 1 aromatic carbocycles. The van der Waals surface area contributed by atoms with Crippen LogP contribution in [0.1, 0.15) is 52.3 Å². The van der Waals surface area contributed by atoms with Crippen molar-refractivity contribution in [2.24, 2.45) is 11.3 Å². The number of nitrogens with zero attached hydrogens (tertiary/aromatic N) is 5. The molecule has 0 bridgehead atoms. The zero-order valence-electron chi connectivity index (χ0n) is 24.5. The molecule has 232 valence electrons. The molecule has 0 saturated carbocycles. The average Bonchev–Trinajstić information content (AvgIpc) is 2.87. The van der Waals surface area contributed by atoms with E-state index < -0.39 is 18.4 Å². The third kappa shape index (κ3) is 7.36. The van der Waals surface area contributed by atoms with Gasteiger partial charge in [0.25, 0.3) is 0 Å². The maximum absolute atomic E-state index is 13.2. The van der Waals surface area contributed by atoms with Crippen LogP contribution in [-0.2, 0) is 11.2 Å². The fourth-order valence-corrected chi connectivity index (χ4v) is 7.05. The van der Waals surface area contributed by atoms with Crippen LogP contribution in [0, 0.1) is 14.9 Å². The number of ether oxygens (including phenoxy) is 2. The molecule has 0 radical (unpaired) electrons. The van der Waals surface area contributed by atoms with Crippen LogP contribution in [0.2, 0.25) is 0 Å². The van der Waals surface area contributed by atoms with Crippen molar-refractivity contribution in [1.82, 2.24) is 19.8 Å². The summed E-state index contributed by atoms with van der Waals surface area (Å²) in [5.74, 6) is 1.89. The van der Waals surface area contributed by atoms with Gasteiger partial charge in [-0.2, -0.15) is 13.2 Å². The summed E-state index contributed by atoms with van der Waals surface area (Å²) >= 11 is 5.57. The van der Waals surface area contributed by atoms with Crippen molar-refractivity contribution in [3.8, 4) is 5.75 Å². The molecule has 0 atom stereocenters. The number of rotatable bonds is 5. The largest absolute Gasteiger partial charge is 0.481 e. The van der Waals surface area contributed by atoms with Gasteiger partial charge in [0.05, 0.1) is 4.47 Å². The first-order valence-corrected chi connectivity index (χ1v) is 16.3. The second-order valence-corrected chi connectivity index (χ2v) is 15.0. The zero-order chi connectivity index (χ0) is 30.4. The number of halogens is 5. The van der Waals surface area contributed by atoms with E-state index in [0.29, 0.717) is 46.6 Å². The van der Waals surface area contributed by atoms with E-state index in [1.54, 1.807) is 4.90 Å². The Kier molecular flexibility index (Phi) is 9.13. The van der Waals surface area contributed by atoms with Crippen LogP contribution >= 0.6 is 38.5 Å². The van der Waals surface area contributed by atoms with E-state index in [1.165, 1.54) is 0 Å². The maximum atomic E-state index is 13.2. The summed E-state index contributed by atoms with van der Waals surface area (Å²) in [6, 6.07) is 1.92. The molecular weight excluding hydrogens is 730 g/mol. The molecule has 1 spiro atoms. The van der Waals surface area contributed by atoms with Gasteiger partial charge in [-0.15, -0.1) is 0 Å². The number of benzene rings is 1. The van der Waals surface area contributed by atoms with Crippen molar-refractivity contribution < 1.29 is 27.4 Å². The minimum atomic E-state index is -4.48. The van der Waals surface area contributed by atoms with Gasteiger partial charge in [-0.1, -0.05) is 0 Å². The highest BCUT2D eigenvalue weighted by Gasteiger charge is 2.48. The van der Waals surface area contributed by atoms with Crippen molar-refractivity contribution in [3.05, 3.63) is 19.9 Å². The van der Waals surface area contributed by atoms with Crippen molar-refractivity contribution in [3.63, 3.8) is 0 Å². The van der Waals surface area contributed by atoms with Gasteiger partial charge >= 0.3 is 12.3 Å². The molecule has 3 saturated heterocycles. The predicted octanol–water partition coefficient (Wildman–Crippen LogP) is 6.66. The Morgan fingerprint density at radius 3 is 2.36 bits per heavy atom. The molecular formula is C29H38BrF3IN5O3. The summed E-state index contributed by atoms with van der Waals surface area (Å²) in [5, 5.41) is 0.687. The molecule has 0 N–H and O–H groups in total. The van der Waals surface area contributed by atoms with Crippen LogP contribution in [0.25, 0.3) is 10.9 Å². The Morgan fingerprint density at radius 2 is 1.76 bits per heavy atom. The number of fused-ring (bicyclic) bond motifs is 1. The predicted molar refractivity (Wildman–Crippen MR) is 167 cm³/mol. The fraction of sp³-hybridized carbons (Fsp3) is 0.690. The number of carbonyl (C=O) groups excluding carboxylic acids is 1. The highest BCUT2D eigenvalue weighted by atomic mass is 127. The minimum absolute atomic E-state index is 0.0472. The summed E-state index contributed by atoms with van der Waals surface area (Å²) < 4.78 is 51.8. The Hall–Kier alpha value is -1.61. The van der Waals surface area contributed by atoms with Crippen LogP contribution in [0.15, 0.2) is 10.5 Å². The molecule has 8 nitrogen and oxygen atoms in total. The molecule has 0 aliphatic carbocycles. The second kappa shape index (κ2) is 12.1. The van der Waals surface area contributed by atoms with E-state index in [0.717, 1.165) is 61.3 Å². The highest BCUT2D eigenvalue weighted by molar-refractivity contribution is 14.1. The van der Waals surface area contributed by atoms with E-state index in [4.69, 9.17) is 19.4 Å². The third-order valence-electron chi connectivity index (χ3n) is 8.38. The van der Waals surface area contributed by atoms with E-state index >= 15 is 0 Å². The topological polar surface area (TPSA) is 71.0 Å². The monoisotopic (exact) mass is 767 g/mol. The standard InChI is InChI=1S/C29H38BrF3IN5O3/c1-27(2,3)42-26(40)39-15-28(16-39)7-11-38(12-8-28)25-19-14-20(34)22(30)24(41-17-29(31,32)33)23(19)35-21(36-25)13-18-5-9-37(4)10-6-18/h14,18H,5-13,15-17H2,1-4H3. The number of alkyl halides is 3. The van der Waals surface area contributed by atoms with Crippen molar-refractivity contribution in [2.45, 2.75) is 64.7 Å². The van der Waals surface area contributed by atoms with E-state index in [2.05, 4.69) is 55.4 Å². The maximum Gasteiger partial charge on any atom is 0.422 e. The highest BCUT2D eigenvalue weighted by Crippen LogP contribution is 2.45. The lowest BCUT2D eigenvalue weighted by atomic mass is 9.72. The number of piperidine rings is 2. The zero-order valence-corrected chi connectivity index (χ0v) is 28.2. The molecule has 4 heterocycles. The molecule has 0 unspecified atom stereocenters. The lowest BCUT2D eigenvalue weighted by Crippen LogP contribution is -2.62. The number of carbonyl (C=O) groups is 1. The SMILES string of the molecule is CN1CCC(Cc2nc(N3CCC4(CC3)CN(C(=O)OC(C)(C)C)C4)c3cc(I)c(Br)c(OCC(F)(F)F)c3n2)CC1. The van der Waals surface area contributed by atoms with Crippen molar-refractivity contribution in [1.29, 1.82) is 0 Å². The molecule has 1 aromatic heterocycles. The molecule has 3 aliphatic rings. The van der Waals surface area contributed by atoms with Gasteiger partial charge in [0, 0.05) is 47.0 Å². The van der Waals surface area contributed by atoms with Crippen LogP contribution < -0.4 is 9.64 Å². The summed E-state index contributed by atoms with van der Waals surface area (Å²) in [7, 11) is 2.11. The first kappa shape index (κ1) is 31.8. The van der Waals surface area contributed by atoms with E-state index in [1.807, 2.05) is 26.8 Å². The van der Waals surface area contributed by atoms with E-state index in [-0.39, 0.29) is 17.3 Å². The van der Waals surface area contributed by atoms with Gasteiger partial charge in [0.2, 0.25) is 0 Å². The van der Waals surface area contributed by atoms with Gasteiger partial charge in [0.15, 0.2) is 12.4 Å². The minimum Gasteiger partial charge on any atom is -0.481 e. The van der Waals surface area contributed by atoms with Gasteiger partial charge in [-0.25, -0.2) is 14.8 Å². The molecule has 5 rings (SSSR count). The van der Waals surface area contributed by atoms with Crippen LogP contribution in [0.3, 0.4) is 0 Å². The molecule has 3 fully saturated rings. The first-order chi connectivity index (χ1) is 19.6. The number of anilines is 1. The van der Waals surface area contributed by atoms with Crippen LogP contribution in [0.4, 0.5) is 23.8 Å². The van der Waals surface area contributed by atoms with Crippen LogP contribution in [0.5, 0.6) is 5.75 Å².